The molecule has 8 heteroatoms. The van der Waals surface area contributed by atoms with Gasteiger partial charge in [0.15, 0.2) is 5.78 Å². The van der Waals surface area contributed by atoms with Crippen LogP contribution in [0.1, 0.15) is 55.2 Å². The molecular formula is C36H43N3O5. The van der Waals surface area contributed by atoms with Crippen molar-refractivity contribution >= 4 is 17.4 Å². The molecule has 4 aliphatic rings. The van der Waals surface area contributed by atoms with Gasteiger partial charge in [0.25, 0.3) is 5.91 Å². The Morgan fingerprint density at radius 2 is 1.77 bits per heavy atom. The maximum Gasteiger partial charge on any atom is 0.252 e. The molecule has 3 unspecified atom stereocenters. The van der Waals surface area contributed by atoms with Crippen LogP contribution in [-0.4, -0.2) is 70.0 Å². The van der Waals surface area contributed by atoms with E-state index in [1.807, 2.05) is 6.07 Å². The van der Waals surface area contributed by atoms with Gasteiger partial charge in [0, 0.05) is 18.2 Å². The number of allylic oxidation sites excluding steroid dienone is 1. The first-order valence-corrected chi connectivity index (χ1v) is 15.7. The topological polar surface area (TPSA) is 127 Å². The first-order valence-electron chi connectivity index (χ1n) is 15.7. The van der Waals surface area contributed by atoms with E-state index in [0.29, 0.717) is 18.9 Å². The zero-order chi connectivity index (χ0) is 31.4. The number of aliphatic hydroxyl groups excluding tert-OH is 2. The van der Waals surface area contributed by atoms with Gasteiger partial charge in [-0.25, -0.2) is 0 Å². The minimum atomic E-state index is -0.839. The van der Waals surface area contributed by atoms with Crippen molar-refractivity contribution in [3.05, 3.63) is 82.1 Å². The van der Waals surface area contributed by atoms with Crippen molar-refractivity contribution in [1.29, 1.82) is 0 Å². The number of amides is 1. The molecule has 0 saturated heterocycles. The SMILES string of the molecule is C=C1C(C(N)=O)=C(O)[C@@H](N(C)C)C2CC3Cc4c(-c5cccc(CN(C)C6CCCCC6)c5)ccc(O)c4C(O)=C3C(=O)C12. The number of phenolic OH excluding ortho intramolecular Hbond substituents is 1. The van der Waals surface area contributed by atoms with Crippen molar-refractivity contribution in [2.24, 2.45) is 23.5 Å². The predicted octanol–water partition coefficient (Wildman–Crippen LogP) is 5.27. The van der Waals surface area contributed by atoms with E-state index >= 15 is 0 Å². The fraction of sp³-hybridized carbons (Fsp3) is 0.444. The van der Waals surface area contributed by atoms with Gasteiger partial charge in [-0.05, 0) is 98.6 Å². The molecule has 2 aromatic rings. The Labute approximate surface area is 259 Å². The van der Waals surface area contributed by atoms with Crippen LogP contribution < -0.4 is 5.73 Å². The van der Waals surface area contributed by atoms with Crippen molar-refractivity contribution < 1.29 is 24.9 Å². The third-order valence-electron chi connectivity index (χ3n) is 10.5. The predicted molar refractivity (Wildman–Crippen MR) is 171 cm³/mol. The Morgan fingerprint density at radius 3 is 2.45 bits per heavy atom. The van der Waals surface area contributed by atoms with E-state index in [1.54, 1.807) is 25.1 Å². The van der Waals surface area contributed by atoms with Crippen LogP contribution >= 0.6 is 0 Å². The Morgan fingerprint density at radius 1 is 1.05 bits per heavy atom. The molecule has 4 atom stereocenters. The van der Waals surface area contributed by atoms with Crippen LogP contribution in [0.4, 0.5) is 0 Å². The molecule has 0 bridgehead atoms. The van der Waals surface area contributed by atoms with Crippen LogP contribution in [0.3, 0.4) is 0 Å². The summed E-state index contributed by atoms with van der Waals surface area (Å²) in [7, 11) is 5.79. The van der Waals surface area contributed by atoms with Crippen LogP contribution in [0.15, 0.2) is 65.5 Å². The molecule has 0 spiro atoms. The lowest BCUT2D eigenvalue weighted by molar-refractivity contribution is -0.123. The summed E-state index contributed by atoms with van der Waals surface area (Å²) in [4.78, 5) is 30.8. The van der Waals surface area contributed by atoms with E-state index in [0.717, 1.165) is 23.2 Å². The second kappa shape index (κ2) is 11.6. The number of nitrogens with zero attached hydrogens (tertiary/aromatic N) is 2. The molecule has 2 fully saturated rings. The summed E-state index contributed by atoms with van der Waals surface area (Å²) >= 11 is 0. The number of rotatable bonds is 6. The van der Waals surface area contributed by atoms with Crippen molar-refractivity contribution in [3.8, 4) is 16.9 Å². The lowest BCUT2D eigenvalue weighted by Crippen LogP contribution is -2.52. The zero-order valence-electron chi connectivity index (χ0n) is 25.8. The first-order chi connectivity index (χ1) is 21.0. The number of carbonyl (C=O) groups excluding carboxylic acids is 2. The monoisotopic (exact) mass is 597 g/mol. The number of likely N-dealkylation sites (N-methyl/N-ethyl adjacent to an activating group) is 1. The second-order valence-electron chi connectivity index (χ2n) is 13.4. The van der Waals surface area contributed by atoms with E-state index in [2.05, 4.69) is 42.8 Å². The summed E-state index contributed by atoms with van der Waals surface area (Å²) in [6, 6.07) is 11.9. The molecule has 2 saturated carbocycles. The number of aromatic hydroxyl groups is 1. The number of benzene rings is 2. The molecule has 2 aromatic carbocycles. The average Bonchev–Trinajstić information content (AvgIpc) is 2.97. The second-order valence-corrected chi connectivity index (χ2v) is 13.4. The number of Topliss-reactive ketones (excluding diaryl/α,β-unsaturated/α-hetero) is 1. The van der Waals surface area contributed by atoms with Crippen molar-refractivity contribution in [2.45, 2.75) is 63.6 Å². The van der Waals surface area contributed by atoms with Gasteiger partial charge in [-0.2, -0.15) is 0 Å². The highest BCUT2D eigenvalue weighted by Gasteiger charge is 2.53. The van der Waals surface area contributed by atoms with Gasteiger partial charge < -0.3 is 21.1 Å². The normalized spacial score (nSPS) is 25.8. The number of phenols is 1. The number of ketones is 1. The van der Waals surface area contributed by atoms with Gasteiger partial charge in [-0.15, -0.1) is 0 Å². The summed E-state index contributed by atoms with van der Waals surface area (Å²) in [5.74, 6) is -3.17. The van der Waals surface area contributed by atoms with E-state index in [9.17, 15) is 24.9 Å². The van der Waals surface area contributed by atoms with Gasteiger partial charge >= 0.3 is 0 Å². The largest absolute Gasteiger partial charge is 0.510 e. The Hall–Kier alpha value is -3.88. The minimum Gasteiger partial charge on any atom is -0.510 e. The number of primary amides is 1. The van der Waals surface area contributed by atoms with Crippen molar-refractivity contribution in [1.82, 2.24) is 9.80 Å². The molecule has 1 amide bonds. The van der Waals surface area contributed by atoms with Crippen molar-refractivity contribution in [3.63, 3.8) is 0 Å². The highest BCUT2D eigenvalue weighted by atomic mass is 16.3. The van der Waals surface area contributed by atoms with Crippen LogP contribution in [-0.2, 0) is 22.6 Å². The van der Waals surface area contributed by atoms with E-state index < -0.39 is 17.9 Å². The molecule has 0 aliphatic heterocycles. The fourth-order valence-electron chi connectivity index (χ4n) is 8.49. The first kappa shape index (κ1) is 30.2. The van der Waals surface area contributed by atoms with Crippen molar-refractivity contribution in [2.75, 3.05) is 21.1 Å². The zero-order valence-corrected chi connectivity index (χ0v) is 25.8. The Bertz CT molecular complexity index is 1600. The molecule has 0 heterocycles. The van der Waals surface area contributed by atoms with Crippen LogP contribution in [0.5, 0.6) is 5.75 Å². The average molecular weight is 598 g/mol. The van der Waals surface area contributed by atoms with Gasteiger partial charge in [-0.3, -0.25) is 19.4 Å². The maximum absolute atomic E-state index is 14.2. The van der Waals surface area contributed by atoms with Gasteiger partial charge in [-0.1, -0.05) is 50.1 Å². The van der Waals surface area contributed by atoms with Gasteiger partial charge in [0.05, 0.1) is 23.1 Å². The molecule has 8 nitrogen and oxygen atoms in total. The third-order valence-corrected chi connectivity index (χ3v) is 10.5. The summed E-state index contributed by atoms with van der Waals surface area (Å²) in [6.45, 7) is 4.86. The molecule has 4 aliphatic carbocycles. The van der Waals surface area contributed by atoms with Crippen LogP contribution in [0, 0.1) is 17.8 Å². The number of carbonyl (C=O) groups is 2. The lowest BCUT2D eigenvalue weighted by atomic mass is 9.58. The number of aliphatic hydroxyl groups is 2. The number of hydrogen-bond acceptors (Lipinski definition) is 7. The fourth-order valence-corrected chi connectivity index (χ4v) is 8.49. The maximum atomic E-state index is 14.2. The summed E-state index contributed by atoms with van der Waals surface area (Å²) in [6.07, 6.45) is 7.27. The molecule has 0 aromatic heterocycles. The summed E-state index contributed by atoms with van der Waals surface area (Å²) < 4.78 is 0. The summed E-state index contributed by atoms with van der Waals surface area (Å²) in [5.41, 5.74) is 10.1. The molecular weight excluding hydrogens is 554 g/mol. The molecule has 5 N–H and O–H groups in total. The van der Waals surface area contributed by atoms with Gasteiger partial charge in [0.2, 0.25) is 0 Å². The smallest absolute Gasteiger partial charge is 0.252 e. The Kier molecular flexibility index (Phi) is 7.92. The van der Waals surface area contributed by atoms with E-state index in [-0.39, 0.29) is 57.2 Å². The highest BCUT2D eigenvalue weighted by Crippen LogP contribution is 2.53. The van der Waals surface area contributed by atoms with Gasteiger partial charge in [0.1, 0.15) is 17.3 Å². The number of nitrogens with two attached hydrogens (primary N) is 1. The molecule has 0 radical (unpaired) electrons. The summed E-state index contributed by atoms with van der Waals surface area (Å²) in [5, 5.41) is 33.8. The molecule has 44 heavy (non-hydrogen) atoms. The van der Waals surface area contributed by atoms with E-state index in [1.165, 1.54) is 37.7 Å². The number of hydrogen-bond donors (Lipinski definition) is 4. The number of fused-ring (bicyclic) bond motifs is 3. The van der Waals surface area contributed by atoms with E-state index in [4.69, 9.17) is 5.73 Å². The quantitative estimate of drug-likeness (QED) is 0.357. The van der Waals surface area contributed by atoms with Crippen LogP contribution in [0.25, 0.3) is 16.9 Å². The molecule has 232 valence electrons. The Balaban J connectivity index is 1.39. The minimum absolute atomic E-state index is 0.0840. The molecule has 6 rings (SSSR count). The standard InChI is InChI=1S/C36H43N3O5/c1-19-28-26(32(38(2)3)35(43)29(19)36(37)44)17-22-16-25-24(13-14-27(40)31(25)34(42)30(22)33(28)41)21-10-8-9-20(15-21)18-39(4)23-11-6-5-7-12-23/h8-10,13-15,22-23,26,28,32,40,42-43H,1,5-7,11-12,16-18H2,2-4H3,(H2,37,44)/t22?,26?,28?,32-/m0/s1. The lowest BCUT2D eigenvalue weighted by Gasteiger charge is -2.47. The highest BCUT2D eigenvalue weighted by molar-refractivity contribution is 6.10. The van der Waals surface area contributed by atoms with Crippen LogP contribution in [0.2, 0.25) is 0 Å². The third kappa shape index (κ3) is 4.94.